The summed E-state index contributed by atoms with van der Waals surface area (Å²) in [6.45, 7) is 4.85. The van der Waals surface area contributed by atoms with Crippen LogP contribution in [0, 0.1) is 12.8 Å². The molecule has 318 valence electrons. The summed E-state index contributed by atoms with van der Waals surface area (Å²) in [6.07, 6.45) is 8.35. The van der Waals surface area contributed by atoms with E-state index < -0.39 is 75.2 Å². The fourth-order valence-electron chi connectivity index (χ4n) is 7.93. The number of allylic oxidation sites excluding steroid dienone is 1. The molecule has 2 aliphatic heterocycles. The van der Waals surface area contributed by atoms with Crippen LogP contribution in [0.15, 0.2) is 42.6 Å². The van der Waals surface area contributed by atoms with Gasteiger partial charge in [0, 0.05) is 35.6 Å². The van der Waals surface area contributed by atoms with Crippen molar-refractivity contribution in [1.82, 2.24) is 35.0 Å². The molecule has 1 saturated heterocycles. The molecule has 0 radical (unpaired) electrons. The number of hydrogen-bond donors (Lipinski definition) is 3. The first-order valence-corrected chi connectivity index (χ1v) is 21.8. The van der Waals surface area contributed by atoms with E-state index in [2.05, 4.69) is 20.5 Å². The van der Waals surface area contributed by atoms with Crippen LogP contribution in [0.4, 0.5) is 4.39 Å². The molecule has 0 bridgehead atoms. The van der Waals surface area contributed by atoms with E-state index in [1.807, 2.05) is 39.0 Å². The molecule has 5 atom stereocenters. The van der Waals surface area contributed by atoms with Crippen molar-refractivity contribution in [2.45, 2.75) is 120 Å². The van der Waals surface area contributed by atoms with Gasteiger partial charge in [0.25, 0.3) is 11.8 Å². The van der Waals surface area contributed by atoms with Crippen LogP contribution in [0.5, 0.6) is 17.4 Å². The average molecular weight is 838 g/mol. The normalized spacial score (nSPS) is 25.6. The minimum absolute atomic E-state index is 0.00375. The Balaban J connectivity index is 1.22. The monoisotopic (exact) mass is 837 g/mol. The number of aryl methyl sites for hydroxylation is 2. The third kappa shape index (κ3) is 9.16. The highest BCUT2D eigenvalue weighted by atomic mass is 32.2. The second kappa shape index (κ2) is 17.1. The number of rotatable bonds is 12. The lowest BCUT2D eigenvalue weighted by molar-refractivity contribution is -0.141. The zero-order chi connectivity index (χ0) is 42.1. The summed E-state index contributed by atoms with van der Waals surface area (Å²) >= 11 is 0. The summed E-state index contributed by atoms with van der Waals surface area (Å²) in [5, 5.41) is 9.85. The quantitative estimate of drug-likeness (QED) is 0.225. The number of pyridine rings is 1. The van der Waals surface area contributed by atoms with E-state index in [1.54, 1.807) is 19.2 Å². The Morgan fingerprint density at radius 3 is 2.63 bits per heavy atom. The maximum absolute atomic E-state index is 14.7. The van der Waals surface area contributed by atoms with Crippen molar-refractivity contribution in [2.75, 3.05) is 20.3 Å². The van der Waals surface area contributed by atoms with Crippen molar-refractivity contribution in [3.63, 3.8) is 0 Å². The van der Waals surface area contributed by atoms with Gasteiger partial charge in [-0.1, -0.05) is 25.0 Å². The molecule has 4 amide bonds. The SMILES string of the molecule is COc1ccc2c(O[C@@H]3C[C@H]4C(=O)N[C@]5(C(=O)NS(=O)(=O)C6CC6)C[C@H]5/C=C\CCCCC[C@H](NC(=O)c5ccn(CCF)n5)C(=O)N4C3)cc(OC(C)C)nc2c1C. The maximum Gasteiger partial charge on any atom is 0.272 e. The smallest absolute Gasteiger partial charge is 0.272 e. The van der Waals surface area contributed by atoms with Crippen LogP contribution < -0.4 is 29.6 Å². The molecule has 3 N–H and O–H groups in total. The number of halogens is 1. The van der Waals surface area contributed by atoms with Gasteiger partial charge >= 0.3 is 0 Å². The third-order valence-corrected chi connectivity index (χ3v) is 13.1. The van der Waals surface area contributed by atoms with Crippen LogP contribution in [0.1, 0.15) is 87.7 Å². The molecule has 2 saturated carbocycles. The van der Waals surface area contributed by atoms with E-state index in [9.17, 15) is 32.0 Å². The lowest BCUT2D eigenvalue weighted by Crippen LogP contribution is -2.58. The molecular weight excluding hydrogens is 786 g/mol. The van der Waals surface area contributed by atoms with Crippen LogP contribution in [0.2, 0.25) is 0 Å². The number of nitrogens with zero attached hydrogens (tertiary/aromatic N) is 4. The number of fused-ring (bicyclic) bond motifs is 3. The zero-order valence-corrected chi connectivity index (χ0v) is 34.6. The number of hydrogen-bond acceptors (Lipinski definition) is 11. The van der Waals surface area contributed by atoms with Crippen LogP contribution in [-0.4, -0.2) is 107 Å². The van der Waals surface area contributed by atoms with E-state index in [1.165, 1.54) is 21.8 Å². The van der Waals surface area contributed by atoms with Crippen molar-refractivity contribution in [3.05, 3.63) is 53.9 Å². The van der Waals surface area contributed by atoms with Crippen LogP contribution in [0.3, 0.4) is 0 Å². The summed E-state index contributed by atoms with van der Waals surface area (Å²) in [5.74, 6) is -1.78. The molecule has 1 aromatic carbocycles. The molecule has 4 heterocycles. The summed E-state index contributed by atoms with van der Waals surface area (Å²) in [6, 6.07) is 4.48. The summed E-state index contributed by atoms with van der Waals surface area (Å²) in [4.78, 5) is 62.7. The lowest BCUT2D eigenvalue weighted by atomic mass is 10.0. The Hall–Kier alpha value is -5.26. The number of aromatic nitrogens is 3. The van der Waals surface area contributed by atoms with Crippen LogP contribution in [-0.2, 0) is 31.0 Å². The Morgan fingerprint density at radius 1 is 1.10 bits per heavy atom. The van der Waals surface area contributed by atoms with Crippen LogP contribution in [0.25, 0.3) is 10.9 Å². The molecule has 59 heavy (non-hydrogen) atoms. The largest absolute Gasteiger partial charge is 0.496 e. The van der Waals surface area contributed by atoms with E-state index in [0.29, 0.717) is 54.0 Å². The average Bonchev–Trinajstić information content (AvgIpc) is 4.07. The Labute approximate surface area is 342 Å². The summed E-state index contributed by atoms with van der Waals surface area (Å²) in [5.41, 5.74) is -0.200. The van der Waals surface area contributed by atoms with E-state index in [4.69, 9.17) is 19.2 Å². The molecule has 18 heteroatoms. The number of amides is 4. The third-order valence-electron chi connectivity index (χ3n) is 11.3. The fraction of sp³-hybridized carbons (Fsp3) is 0.561. The summed E-state index contributed by atoms with van der Waals surface area (Å²) in [7, 11) is -2.36. The first-order chi connectivity index (χ1) is 28.2. The van der Waals surface area contributed by atoms with Gasteiger partial charge < -0.3 is 29.7 Å². The van der Waals surface area contributed by atoms with Gasteiger partial charge in [0.1, 0.15) is 47.6 Å². The van der Waals surface area contributed by atoms with E-state index in [-0.39, 0.29) is 44.1 Å². The molecule has 7 rings (SSSR count). The molecular formula is C41H52FN7O9S. The predicted octanol–water partition coefficient (Wildman–Crippen LogP) is 3.66. The van der Waals surface area contributed by atoms with Crippen molar-refractivity contribution >= 4 is 44.6 Å². The highest BCUT2D eigenvalue weighted by Gasteiger charge is 2.62. The van der Waals surface area contributed by atoms with Gasteiger partial charge in [-0.05, 0) is 77.5 Å². The summed E-state index contributed by atoms with van der Waals surface area (Å²) < 4.78 is 60.6. The minimum Gasteiger partial charge on any atom is -0.496 e. The number of benzene rings is 1. The molecule has 0 unspecified atom stereocenters. The number of carbonyl (C=O) groups is 4. The Bertz CT molecular complexity index is 2240. The zero-order valence-electron chi connectivity index (χ0n) is 33.7. The molecule has 2 aromatic heterocycles. The van der Waals surface area contributed by atoms with Crippen molar-refractivity contribution in [2.24, 2.45) is 5.92 Å². The van der Waals surface area contributed by atoms with Gasteiger partial charge in [0.15, 0.2) is 0 Å². The maximum atomic E-state index is 14.7. The number of carbonyl (C=O) groups excluding carboxylic acids is 4. The van der Waals surface area contributed by atoms with Gasteiger partial charge in [0.05, 0.1) is 37.1 Å². The highest BCUT2D eigenvalue weighted by Crippen LogP contribution is 2.46. The Morgan fingerprint density at radius 2 is 1.90 bits per heavy atom. The highest BCUT2D eigenvalue weighted by molar-refractivity contribution is 7.91. The molecule has 4 aliphatic rings. The van der Waals surface area contributed by atoms with Gasteiger partial charge in [-0.25, -0.2) is 17.8 Å². The van der Waals surface area contributed by atoms with Crippen LogP contribution >= 0.6 is 0 Å². The number of sulfonamides is 1. The number of nitrogens with one attached hydrogen (secondary N) is 3. The van der Waals surface area contributed by atoms with E-state index in [0.717, 1.165) is 18.4 Å². The molecule has 16 nitrogen and oxygen atoms in total. The van der Waals surface area contributed by atoms with Crippen molar-refractivity contribution < 1.29 is 46.2 Å². The predicted molar refractivity (Wildman–Crippen MR) is 214 cm³/mol. The minimum atomic E-state index is -3.93. The molecule has 2 aliphatic carbocycles. The van der Waals surface area contributed by atoms with E-state index >= 15 is 0 Å². The van der Waals surface area contributed by atoms with Gasteiger partial charge in [-0.15, -0.1) is 0 Å². The standard InChI is InChI=1S/C41H52FN7O9S/c1-24(2)57-35-21-34(29-14-15-33(56-4)25(3)36(29)44-35)58-27-20-32-38(51)45-41(40(53)47-59(54,55)28-12-13-28)22-26(41)10-8-6-5-7-9-11-31(39(52)49(32)23-27)43-37(50)30-16-18-48(46-30)19-17-42/h8,10,14-16,18,21,24,26-28,31-32H,5-7,9,11-13,17,19-20,22-23H2,1-4H3,(H,43,50)(H,45,51)(H,47,53)/b10-8-/t26-,27-,31+,32+,41-/m1/s1. The number of alkyl halides is 1. The number of methoxy groups -OCH3 is 1. The molecule has 3 aromatic rings. The van der Waals surface area contributed by atoms with Gasteiger partial charge in [0.2, 0.25) is 27.7 Å². The first kappa shape index (κ1) is 41.9. The van der Waals surface area contributed by atoms with Gasteiger partial charge in [-0.2, -0.15) is 5.10 Å². The Kier molecular flexibility index (Phi) is 12.2. The molecule has 0 spiro atoms. The second-order valence-corrected chi connectivity index (χ2v) is 18.0. The fourth-order valence-corrected chi connectivity index (χ4v) is 9.29. The van der Waals surface area contributed by atoms with Gasteiger partial charge in [-0.3, -0.25) is 28.6 Å². The van der Waals surface area contributed by atoms with Crippen molar-refractivity contribution in [1.29, 1.82) is 0 Å². The number of ether oxygens (including phenoxy) is 3. The van der Waals surface area contributed by atoms with Crippen molar-refractivity contribution in [3.8, 4) is 17.4 Å². The molecule has 3 fully saturated rings. The lowest BCUT2D eigenvalue weighted by Gasteiger charge is -2.29. The second-order valence-electron chi connectivity index (χ2n) is 16.1. The first-order valence-electron chi connectivity index (χ1n) is 20.3. The topological polar surface area (TPSA) is 200 Å².